The van der Waals surface area contributed by atoms with E-state index < -0.39 is 0 Å². The highest BCUT2D eigenvalue weighted by Crippen LogP contribution is 2.29. The molecule has 2 aromatic rings. The lowest BCUT2D eigenvalue weighted by Crippen LogP contribution is -2.23. The number of methoxy groups -OCH3 is 1. The van der Waals surface area contributed by atoms with Crippen molar-refractivity contribution in [3.8, 4) is 5.75 Å². The Morgan fingerprint density at radius 1 is 1.38 bits per heavy atom. The Morgan fingerprint density at radius 3 is 2.81 bits per heavy atom. The fourth-order valence-electron chi connectivity index (χ4n) is 2.37. The highest BCUT2D eigenvalue weighted by molar-refractivity contribution is 9.10. The summed E-state index contributed by atoms with van der Waals surface area (Å²) in [7, 11) is 1.69. The minimum Gasteiger partial charge on any atom is -0.497 e. The Labute approximate surface area is 134 Å². The topological polar surface area (TPSA) is 39.1 Å². The number of ether oxygens (including phenoxy) is 1. The molecule has 21 heavy (non-hydrogen) atoms. The van der Waals surface area contributed by atoms with E-state index in [1.165, 1.54) is 11.1 Å². The second-order valence-electron chi connectivity index (χ2n) is 4.91. The van der Waals surface area contributed by atoms with Crippen LogP contribution in [-0.2, 0) is 13.0 Å². The molecule has 114 valence electrons. The van der Waals surface area contributed by atoms with Crippen molar-refractivity contribution in [2.45, 2.75) is 32.9 Å². The third kappa shape index (κ3) is 4.08. The smallest absolute Gasteiger partial charge is 0.119 e. The molecule has 0 spiro atoms. The molecule has 5 heteroatoms. The summed E-state index contributed by atoms with van der Waals surface area (Å²) >= 11 is 3.65. The maximum atomic E-state index is 5.34. The predicted molar refractivity (Wildman–Crippen MR) is 88.7 cm³/mol. The molecule has 4 nitrogen and oxygen atoms in total. The van der Waals surface area contributed by atoms with Crippen LogP contribution in [0.5, 0.6) is 5.75 Å². The van der Waals surface area contributed by atoms with Gasteiger partial charge in [-0.25, -0.2) is 0 Å². The van der Waals surface area contributed by atoms with Gasteiger partial charge in [0, 0.05) is 23.3 Å². The molecule has 0 fully saturated rings. The summed E-state index contributed by atoms with van der Waals surface area (Å²) in [5.41, 5.74) is 2.44. The second-order valence-corrected chi connectivity index (χ2v) is 5.76. The van der Waals surface area contributed by atoms with Gasteiger partial charge in [-0.2, -0.15) is 5.10 Å². The summed E-state index contributed by atoms with van der Waals surface area (Å²) < 4.78 is 8.40. The highest BCUT2D eigenvalue weighted by Gasteiger charge is 2.16. The predicted octanol–water partition coefficient (Wildman–Crippen LogP) is 3.57. The van der Waals surface area contributed by atoms with Crippen LogP contribution in [0.1, 0.15) is 31.0 Å². The Bertz CT molecular complexity index is 583. The summed E-state index contributed by atoms with van der Waals surface area (Å²) in [4.78, 5) is 0. The lowest BCUT2D eigenvalue weighted by atomic mass is 10.0. The fourth-order valence-corrected chi connectivity index (χ4v) is 2.90. The first-order chi connectivity index (χ1) is 10.2. The van der Waals surface area contributed by atoms with E-state index >= 15 is 0 Å². The SMILES string of the molecule is CCNC(Cc1cnn(CC)c1)c1cc(OC)ccc1Br. The van der Waals surface area contributed by atoms with Gasteiger partial charge in [0.05, 0.1) is 13.3 Å². The van der Waals surface area contributed by atoms with Crippen LogP contribution in [0, 0.1) is 0 Å². The third-order valence-corrected chi connectivity index (χ3v) is 4.20. The number of nitrogens with zero attached hydrogens (tertiary/aromatic N) is 2. The molecule has 0 bridgehead atoms. The lowest BCUT2D eigenvalue weighted by Gasteiger charge is -2.20. The van der Waals surface area contributed by atoms with Crippen LogP contribution >= 0.6 is 15.9 Å². The van der Waals surface area contributed by atoms with E-state index in [0.29, 0.717) is 0 Å². The average molecular weight is 352 g/mol. The van der Waals surface area contributed by atoms with Gasteiger partial charge in [-0.15, -0.1) is 0 Å². The van der Waals surface area contributed by atoms with Crippen LogP contribution in [0.15, 0.2) is 35.1 Å². The number of aromatic nitrogens is 2. The Hall–Kier alpha value is -1.33. The molecule has 1 atom stereocenters. The Balaban J connectivity index is 2.25. The first kappa shape index (κ1) is 16.0. The lowest BCUT2D eigenvalue weighted by molar-refractivity contribution is 0.412. The number of nitrogens with one attached hydrogen (secondary N) is 1. The number of hydrogen-bond acceptors (Lipinski definition) is 3. The van der Waals surface area contributed by atoms with Crippen molar-refractivity contribution in [1.29, 1.82) is 0 Å². The highest BCUT2D eigenvalue weighted by atomic mass is 79.9. The number of benzene rings is 1. The van der Waals surface area contributed by atoms with Crippen LogP contribution < -0.4 is 10.1 Å². The number of rotatable bonds is 7. The van der Waals surface area contributed by atoms with E-state index in [9.17, 15) is 0 Å². The minimum absolute atomic E-state index is 0.231. The molecule has 1 unspecified atom stereocenters. The first-order valence-corrected chi connectivity index (χ1v) is 8.05. The summed E-state index contributed by atoms with van der Waals surface area (Å²) in [5.74, 6) is 0.875. The third-order valence-electron chi connectivity index (χ3n) is 3.48. The summed E-state index contributed by atoms with van der Waals surface area (Å²) in [6.45, 7) is 6.03. The molecule has 1 heterocycles. The Morgan fingerprint density at radius 2 is 2.19 bits per heavy atom. The number of halogens is 1. The van der Waals surface area contributed by atoms with Crippen molar-refractivity contribution in [1.82, 2.24) is 15.1 Å². The van der Waals surface area contributed by atoms with Crippen LogP contribution in [-0.4, -0.2) is 23.4 Å². The summed E-state index contributed by atoms with van der Waals surface area (Å²) in [6, 6.07) is 6.32. The summed E-state index contributed by atoms with van der Waals surface area (Å²) in [6.07, 6.45) is 4.96. The molecule has 1 N–H and O–H groups in total. The van der Waals surface area contributed by atoms with Gasteiger partial charge in [-0.1, -0.05) is 22.9 Å². The van der Waals surface area contributed by atoms with Crippen molar-refractivity contribution in [3.05, 3.63) is 46.2 Å². The Kier molecular flexibility index (Phi) is 5.82. The summed E-state index contributed by atoms with van der Waals surface area (Å²) in [5, 5.41) is 7.89. The zero-order chi connectivity index (χ0) is 15.2. The van der Waals surface area contributed by atoms with E-state index in [-0.39, 0.29) is 6.04 Å². The minimum atomic E-state index is 0.231. The molecule has 0 aliphatic carbocycles. The van der Waals surface area contributed by atoms with Gasteiger partial charge < -0.3 is 10.1 Å². The van der Waals surface area contributed by atoms with Crippen LogP contribution in [0.4, 0.5) is 0 Å². The van der Waals surface area contributed by atoms with Crippen LogP contribution in [0.3, 0.4) is 0 Å². The second kappa shape index (κ2) is 7.61. The first-order valence-electron chi connectivity index (χ1n) is 7.26. The number of aryl methyl sites for hydroxylation is 1. The monoisotopic (exact) mass is 351 g/mol. The van der Waals surface area contributed by atoms with Crippen molar-refractivity contribution < 1.29 is 4.74 Å². The normalized spacial score (nSPS) is 12.4. The molecule has 0 radical (unpaired) electrons. The zero-order valence-electron chi connectivity index (χ0n) is 12.8. The van der Waals surface area contributed by atoms with Gasteiger partial charge >= 0.3 is 0 Å². The maximum absolute atomic E-state index is 5.34. The quantitative estimate of drug-likeness (QED) is 0.828. The molecule has 0 saturated heterocycles. The molecule has 1 aromatic heterocycles. The maximum Gasteiger partial charge on any atom is 0.119 e. The van der Waals surface area contributed by atoms with E-state index in [4.69, 9.17) is 4.74 Å². The largest absolute Gasteiger partial charge is 0.497 e. The molecule has 2 rings (SSSR count). The van der Waals surface area contributed by atoms with Gasteiger partial charge in [0.25, 0.3) is 0 Å². The molecular formula is C16H22BrN3O. The zero-order valence-corrected chi connectivity index (χ0v) is 14.4. The van der Waals surface area contributed by atoms with Gasteiger partial charge in [-0.05, 0) is 49.2 Å². The molecule has 0 saturated carbocycles. The van der Waals surface area contributed by atoms with Gasteiger partial charge in [0.15, 0.2) is 0 Å². The molecule has 1 aromatic carbocycles. The van der Waals surface area contributed by atoms with Crippen molar-refractivity contribution in [2.24, 2.45) is 0 Å². The van der Waals surface area contributed by atoms with Crippen molar-refractivity contribution in [2.75, 3.05) is 13.7 Å². The van der Waals surface area contributed by atoms with E-state index in [2.05, 4.69) is 52.5 Å². The fraction of sp³-hybridized carbons (Fsp3) is 0.438. The van der Waals surface area contributed by atoms with E-state index in [1.54, 1.807) is 7.11 Å². The molecular weight excluding hydrogens is 330 g/mol. The van der Waals surface area contributed by atoms with Gasteiger partial charge in [0.1, 0.15) is 5.75 Å². The van der Waals surface area contributed by atoms with E-state index in [1.807, 2.05) is 23.0 Å². The van der Waals surface area contributed by atoms with Crippen LogP contribution in [0.2, 0.25) is 0 Å². The number of likely N-dealkylation sites (N-methyl/N-ethyl adjacent to an activating group) is 1. The standard InChI is InChI=1S/C16H22BrN3O/c1-4-18-16(8-12-10-19-20(5-2)11-12)14-9-13(21-3)6-7-15(14)17/h6-7,9-11,16,18H,4-5,8H2,1-3H3. The molecule has 0 aliphatic heterocycles. The van der Waals surface area contributed by atoms with Gasteiger partial charge in [-0.3, -0.25) is 4.68 Å². The van der Waals surface area contributed by atoms with E-state index in [0.717, 1.165) is 29.7 Å². The van der Waals surface area contributed by atoms with Gasteiger partial charge in [0.2, 0.25) is 0 Å². The van der Waals surface area contributed by atoms with Crippen molar-refractivity contribution >= 4 is 15.9 Å². The molecule has 0 aliphatic rings. The number of hydrogen-bond donors (Lipinski definition) is 1. The molecule has 0 amide bonds. The van der Waals surface area contributed by atoms with Crippen molar-refractivity contribution in [3.63, 3.8) is 0 Å². The van der Waals surface area contributed by atoms with Crippen LogP contribution in [0.25, 0.3) is 0 Å². The average Bonchev–Trinajstić information content (AvgIpc) is 2.95.